The molecule has 27 heavy (non-hydrogen) atoms. The number of ether oxygens (including phenoxy) is 1. The van der Waals surface area contributed by atoms with Crippen molar-refractivity contribution in [3.05, 3.63) is 62.9 Å². The number of aromatic nitrogens is 1. The van der Waals surface area contributed by atoms with Crippen LogP contribution in [0.1, 0.15) is 21.5 Å². The third-order valence-electron chi connectivity index (χ3n) is 4.00. The van der Waals surface area contributed by atoms with E-state index in [0.29, 0.717) is 21.0 Å². The van der Waals surface area contributed by atoms with Crippen LogP contribution in [0.3, 0.4) is 0 Å². The largest absolute Gasteiger partial charge is 0.468 e. The lowest BCUT2D eigenvalue weighted by molar-refractivity contribution is -0.141. The average Bonchev–Trinajstić information content (AvgIpc) is 3.02. The molecule has 3 aromatic rings. The quantitative estimate of drug-likeness (QED) is 0.631. The van der Waals surface area contributed by atoms with Crippen LogP contribution in [-0.4, -0.2) is 23.6 Å². The summed E-state index contributed by atoms with van der Waals surface area (Å²) in [4.78, 5) is 29.0. The highest BCUT2D eigenvalue weighted by Crippen LogP contribution is 2.27. The van der Waals surface area contributed by atoms with Crippen molar-refractivity contribution in [2.24, 2.45) is 4.99 Å². The Morgan fingerprint density at radius 2 is 1.96 bits per heavy atom. The minimum atomic E-state index is -0.464. The van der Waals surface area contributed by atoms with Gasteiger partial charge in [0.25, 0.3) is 5.91 Å². The molecule has 0 aliphatic rings. The van der Waals surface area contributed by atoms with Crippen LogP contribution in [0.15, 0.2) is 41.4 Å². The van der Waals surface area contributed by atoms with E-state index in [1.165, 1.54) is 18.4 Å². The number of carbonyl (C=O) groups excluding carboxylic acids is 2. The standard InChI is InChI=1S/C19H14ClN3O3S/c1-11-14(20)7-8-15-17(11)23(10-16(24)26-2)19(27-15)22-18(25)13-5-3-12(9-21)4-6-13/h3-8H,10H2,1-2H3. The molecule has 0 spiro atoms. The normalized spacial score (nSPS) is 11.4. The zero-order valence-electron chi connectivity index (χ0n) is 14.5. The van der Waals surface area contributed by atoms with E-state index in [1.54, 1.807) is 34.9 Å². The Labute approximate surface area is 163 Å². The topological polar surface area (TPSA) is 84.5 Å². The first-order valence-corrected chi connectivity index (χ1v) is 9.08. The lowest BCUT2D eigenvalue weighted by Crippen LogP contribution is -2.22. The van der Waals surface area contributed by atoms with Gasteiger partial charge in [0, 0.05) is 10.6 Å². The third-order valence-corrected chi connectivity index (χ3v) is 5.46. The van der Waals surface area contributed by atoms with Crippen molar-refractivity contribution in [2.75, 3.05) is 7.11 Å². The van der Waals surface area contributed by atoms with Crippen molar-refractivity contribution in [3.8, 4) is 6.07 Å². The molecular formula is C19H14ClN3O3S. The third kappa shape index (κ3) is 3.77. The molecule has 0 radical (unpaired) electrons. The number of methoxy groups -OCH3 is 1. The van der Waals surface area contributed by atoms with E-state index in [4.69, 9.17) is 21.6 Å². The number of halogens is 1. The van der Waals surface area contributed by atoms with Crippen LogP contribution < -0.4 is 4.80 Å². The molecule has 2 aromatic carbocycles. The van der Waals surface area contributed by atoms with E-state index >= 15 is 0 Å². The zero-order chi connectivity index (χ0) is 19.6. The fraction of sp³-hybridized carbons (Fsp3) is 0.158. The second-order valence-corrected chi connectivity index (χ2v) is 7.09. The minimum absolute atomic E-state index is 0.0861. The number of hydrogen-bond acceptors (Lipinski definition) is 5. The fourth-order valence-electron chi connectivity index (χ4n) is 2.58. The molecule has 0 aliphatic heterocycles. The van der Waals surface area contributed by atoms with Crippen LogP contribution in [0.4, 0.5) is 0 Å². The van der Waals surface area contributed by atoms with Gasteiger partial charge in [0.1, 0.15) is 6.54 Å². The van der Waals surface area contributed by atoms with Gasteiger partial charge >= 0.3 is 5.97 Å². The molecule has 8 heteroatoms. The summed E-state index contributed by atoms with van der Waals surface area (Å²) in [5, 5.41) is 9.42. The van der Waals surface area contributed by atoms with Gasteiger partial charge in [0.15, 0.2) is 4.80 Å². The first-order valence-electron chi connectivity index (χ1n) is 7.89. The van der Waals surface area contributed by atoms with Crippen molar-refractivity contribution < 1.29 is 14.3 Å². The van der Waals surface area contributed by atoms with Gasteiger partial charge in [0.05, 0.1) is 29.0 Å². The van der Waals surface area contributed by atoms with Gasteiger partial charge in [-0.15, -0.1) is 0 Å². The molecular weight excluding hydrogens is 386 g/mol. The van der Waals surface area contributed by atoms with Crippen molar-refractivity contribution >= 4 is 45.0 Å². The van der Waals surface area contributed by atoms with Gasteiger partial charge in [0.2, 0.25) is 0 Å². The van der Waals surface area contributed by atoms with Crippen LogP contribution >= 0.6 is 22.9 Å². The highest BCUT2D eigenvalue weighted by molar-refractivity contribution is 7.16. The van der Waals surface area contributed by atoms with Crippen molar-refractivity contribution in [3.63, 3.8) is 0 Å². The number of nitriles is 1. The highest BCUT2D eigenvalue weighted by atomic mass is 35.5. The number of fused-ring (bicyclic) bond motifs is 1. The second-order valence-electron chi connectivity index (χ2n) is 5.67. The van der Waals surface area contributed by atoms with Gasteiger partial charge in [-0.25, -0.2) is 0 Å². The molecule has 1 amide bonds. The number of amides is 1. The summed E-state index contributed by atoms with van der Waals surface area (Å²) in [6, 6.07) is 11.8. The number of carbonyl (C=O) groups is 2. The van der Waals surface area contributed by atoms with Crippen LogP contribution in [0.2, 0.25) is 5.02 Å². The van der Waals surface area contributed by atoms with E-state index < -0.39 is 11.9 Å². The van der Waals surface area contributed by atoms with Crippen molar-refractivity contribution in [1.29, 1.82) is 5.26 Å². The summed E-state index contributed by atoms with van der Waals surface area (Å²) in [5.41, 5.74) is 2.34. The molecule has 0 saturated carbocycles. The average molecular weight is 400 g/mol. The highest BCUT2D eigenvalue weighted by Gasteiger charge is 2.15. The van der Waals surface area contributed by atoms with Crippen molar-refractivity contribution in [2.45, 2.75) is 13.5 Å². The Bertz CT molecular complexity index is 1150. The molecule has 136 valence electrons. The number of thiazole rings is 1. The Hall–Kier alpha value is -2.95. The van der Waals surface area contributed by atoms with E-state index in [0.717, 1.165) is 15.8 Å². The molecule has 0 fully saturated rings. The Morgan fingerprint density at radius 1 is 1.26 bits per heavy atom. The first-order chi connectivity index (χ1) is 12.9. The summed E-state index contributed by atoms with van der Waals surface area (Å²) in [6.45, 7) is 1.76. The molecule has 1 heterocycles. The molecule has 0 unspecified atom stereocenters. The summed E-state index contributed by atoms with van der Waals surface area (Å²) < 4.78 is 7.25. The predicted molar refractivity (Wildman–Crippen MR) is 103 cm³/mol. The molecule has 0 aliphatic carbocycles. The van der Waals surface area contributed by atoms with Gasteiger partial charge in [-0.3, -0.25) is 9.59 Å². The fourth-order valence-corrected chi connectivity index (χ4v) is 3.82. The second kappa shape index (κ2) is 7.74. The smallest absolute Gasteiger partial charge is 0.325 e. The number of hydrogen-bond donors (Lipinski definition) is 0. The summed E-state index contributed by atoms with van der Waals surface area (Å²) in [6.07, 6.45) is 0. The molecule has 0 N–H and O–H groups in total. The summed E-state index contributed by atoms with van der Waals surface area (Å²) in [5.74, 6) is -0.922. The molecule has 0 bridgehead atoms. The van der Waals surface area contributed by atoms with Crippen LogP contribution in [0.25, 0.3) is 10.2 Å². The predicted octanol–water partition coefficient (Wildman–Crippen LogP) is 3.45. The van der Waals surface area contributed by atoms with Gasteiger partial charge in [-0.05, 0) is 48.9 Å². The van der Waals surface area contributed by atoms with E-state index in [2.05, 4.69) is 4.99 Å². The minimum Gasteiger partial charge on any atom is -0.468 e. The number of nitrogens with zero attached hydrogens (tertiary/aromatic N) is 3. The SMILES string of the molecule is COC(=O)Cn1c(=NC(=O)c2ccc(C#N)cc2)sc2ccc(Cl)c(C)c21. The van der Waals surface area contributed by atoms with Gasteiger partial charge in [-0.2, -0.15) is 10.3 Å². The Balaban J connectivity index is 2.17. The van der Waals surface area contributed by atoms with E-state index in [9.17, 15) is 9.59 Å². The maximum Gasteiger partial charge on any atom is 0.325 e. The van der Waals surface area contributed by atoms with Crippen LogP contribution in [0.5, 0.6) is 0 Å². The van der Waals surface area contributed by atoms with Crippen molar-refractivity contribution in [1.82, 2.24) is 4.57 Å². The Morgan fingerprint density at radius 3 is 2.59 bits per heavy atom. The number of benzene rings is 2. The number of rotatable bonds is 3. The summed E-state index contributed by atoms with van der Waals surface area (Å²) >= 11 is 7.51. The first kappa shape index (κ1) is 18.8. The van der Waals surface area contributed by atoms with E-state index in [1.807, 2.05) is 19.1 Å². The number of esters is 1. The molecule has 1 aromatic heterocycles. The molecule has 6 nitrogen and oxygen atoms in total. The maximum atomic E-state index is 12.6. The number of aryl methyl sites for hydroxylation is 1. The Kier molecular flexibility index (Phi) is 5.40. The van der Waals surface area contributed by atoms with Crippen LogP contribution in [0, 0.1) is 18.3 Å². The monoisotopic (exact) mass is 399 g/mol. The molecule has 3 rings (SSSR count). The molecule has 0 atom stereocenters. The summed E-state index contributed by atoms with van der Waals surface area (Å²) in [7, 11) is 1.30. The molecule has 0 saturated heterocycles. The zero-order valence-corrected chi connectivity index (χ0v) is 16.1. The maximum absolute atomic E-state index is 12.6. The van der Waals surface area contributed by atoms with Gasteiger partial charge < -0.3 is 9.30 Å². The van der Waals surface area contributed by atoms with E-state index in [-0.39, 0.29) is 6.54 Å². The lowest BCUT2D eigenvalue weighted by atomic mass is 10.1. The van der Waals surface area contributed by atoms with Gasteiger partial charge in [-0.1, -0.05) is 22.9 Å². The van der Waals surface area contributed by atoms with Crippen LogP contribution in [-0.2, 0) is 16.1 Å². The lowest BCUT2D eigenvalue weighted by Gasteiger charge is -2.07.